The number of rotatable bonds is 4. The summed E-state index contributed by atoms with van der Waals surface area (Å²) in [6.07, 6.45) is 7.05. The lowest BCUT2D eigenvalue weighted by Crippen LogP contribution is -2.30. The van der Waals surface area contributed by atoms with E-state index in [-0.39, 0.29) is 0 Å². The maximum atomic E-state index is 5.89. The van der Waals surface area contributed by atoms with Gasteiger partial charge in [-0.05, 0) is 65.8 Å². The molecule has 20 heavy (non-hydrogen) atoms. The maximum Gasteiger partial charge on any atom is 0.0477 e. The first kappa shape index (κ1) is 12.8. The van der Waals surface area contributed by atoms with E-state index in [0.29, 0.717) is 6.04 Å². The van der Waals surface area contributed by atoms with E-state index >= 15 is 0 Å². The van der Waals surface area contributed by atoms with Gasteiger partial charge in [0.2, 0.25) is 0 Å². The number of hydrogen-bond acceptors (Lipinski definition) is 3. The van der Waals surface area contributed by atoms with E-state index in [1.54, 1.807) is 0 Å². The number of benzene rings is 1. The molecule has 4 rings (SSSR count). The second-order valence-electron chi connectivity index (χ2n) is 6.58. The van der Waals surface area contributed by atoms with Crippen LogP contribution in [0.25, 0.3) is 10.1 Å². The lowest BCUT2D eigenvalue weighted by Gasteiger charge is -2.26. The zero-order valence-corrected chi connectivity index (χ0v) is 12.5. The molecular weight excluding hydrogens is 264 g/mol. The molecule has 2 fully saturated rings. The van der Waals surface area contributed by atoms with Crippen molar-refractivity contribution in [1.29, 1.82) is 0 Å². The van der Waals surface area contributed by atoms with Crippen molar-refractivity contribution in [3.05, 3.63) is 35.2 Å². The molecule has 0 amide bonds. The third-order valence-electron chi connectivity index (χ3n) is 5.51. The Bertz CT molecular complexity index is 606. The average Bonchev–Trinajstić information content (AvgIpc) is 3.19. The molecule has 0 radical (unpaired) electrons. The van der Waals surface area contributed by atoms with Crippen LogP contribution in [0.2, 0.25) is 0 Å². The highest BCUT2D eigenvalue weighted by Gasteiger charge is 2.40. The molecule has 0 spiro atoms. The fourth-order valence-corrected chi connectivity index (χ4v) is 5.54. The van der Waals surface area contributed by atoms with Crippen LogP contribution in [0.5, 0.6) is 0 Å². The summed E-state index contributed by atoms with van der Waals surface area (Å²) in [5.74, 6) is 8.76. The van der Waals surface area contributed by atoms with Crippen LogP contribution in [-0.4, -0.2) is 0 Å². The van der Waals surface area contributed by atoms with Crippen LogP contribution < -0.4 is 11.3 Å². The van der Waals surface area contributed by atoms with Crippen LogP contribution in [-0.2, 0) is 0 Å². The lowest BCUT2D eigenvalue weighted by atomic mass is 9.83. The minimum atomic E-state index is 0.315. The summed E-state index contributed by atoms with van der Waals surface area (Å²) in [4.78, 5) is 0. The van der Waals surface area contributed by atoms with Gasteiger partial charge in [-0.1, -0.05) is 24.6 Å². The normalized spacial score (nSPS) is 30.1. The molecule has 106 valence electrons. The zero-order chi connectivity index (χ0) is 13.5. The Labute approximate surface area is 124 Å². The van der Waals surface area contributed by atoms with Gasteiger partial charge in [-0.3, -0.25) is 11.3 Å². The first-order valence-corrected chi connectivity index (χ1v) is 8.65. The van der Waals surface area contributed by atoms with E-state index in [0.717, 1.165) is 17.8 Å². The van der Waals surface area contributed by atoms with Gasteiger partial charge in [0.05, 0.1) is 0 Å². The predicted octanol–water partition coefficient (Wildman–Crippen LogP) is 4.23. The summed E-state index contributed by atoms with van der Waals surface area (Å²) >= 11 is 1.84. The van der Waals surface area contributed by atoms with Gasteiger partial charge in [0, 0.05) is 10.7 Å². The Morgan fingerprint density at radius 2 is 2.15 bits per heavy atom. The summed E-state index contributed by atoms with van der Waals surface area (Å²) in [7, 11) is 0. The van der Waals surface area contributed by atoms with Crippen LogP contribution in [0, 0.1) is 17.8 Å². The molecule has 3 heteroatoms. The van der Waals surface area contributed by atoms with E-state index in [2.05, 4.69) is 35.1 Å². The van der Waals surface area contributed by atoms with Crippen LogP contribution in [0.4, 0.5) is 0 Å². The van der Waals surface area contributed by atoms with Gasteiger partial charge in [-0.25, -0.2) is 0 Å². The number of nitrogens with two attached hydrogens (primary N) is 1. The number of hydrogen-bond donors (Lipinski definition) is 2. The van der Waals surface area contributed by atoms with Crippen molar-refractivity contribution >= 4 is 21.4 Å². The summed E-state index contributed by atoms with van der Waals surface area (Å²) in [5, 5.41) is 3.67. The van der Waals surface area contributed by atoms with Crippen molar-refractivity contribution < 1.29 is 0 Å². The highest BCUT2D eigenvalue weighted by atomic mass is 32.1. The quantitative estimate of drug-likeness (QED) is 0.652. The van der Waals surface area contributed by atoms with Gasteiger partial charge in [-0.2, -0.15) is 0 Å². The Morgan fingerprint density at radius 3 is 2.90 bits per heavy atom. The minimum absolute atomic E-state index is 0.315. The van der Waals surface area contributed by atoms with Gasteiger partial charge in [-0.15, -0.1) is 11.3 Å². The third kappa shape index (κ3) is 2.09. The molecule has 2 aliphatic carbocycles. The molecule has 2 nitrogen and oxygen atoms in total. The molecule has 3 N–H and O–H groups in total. The van der Waals surface area contributed by atoms with Crippen molar-refractivity contribution in [3.8, 4) is 0 Å². The first-order chi connectivity index (χ1) is 9.85. The second-order valence-corrected chi connectivity index (χ2v) is 7.49. The number of fused-ring (bicyclic) bond motifs is 3. The zero-order valence-electron chi connectivity index (χ0n) is 11.7. The smallest absolute Gasteiger partial charge is 0.0477 e. The molecule has 2 aromatic rings. The highest BCUT2D eigenvalue weighted by Crippen LogP contribution is 2.51. The molecule has 1 aromatic heterocycles. The van der Waals surface area contributed by atoms with Crippen molar-refractivity contribution in [1.82, 2.24) is 5.43 Å². The monoisotopic (exact) mass is 286 g/mol. The van der Waals surface area contributed by atoms with Gasteiger partial charge < -0.3 is 0 Å². The minimum Gasteiger partial charge on any atom is -0.271 e. The van der Waals surface area contributed by atoms with E-state index < -0.39 is 0 Å². The van der Waals surface area contributed by atoms with Crippen LogP contribution in [0.1, 0.15) is 43.7 Å². The Morgan fingerprint density at radius 1 is 1.25 bits per heavy atom. The van der Waals surface area contributed by atoms with Crippen molar-refractivity contribution in [2.45, 2.75) is 38.1 Å². The average molecular weight is 286 g/mol. The van der Waals surface area contributed by atoms with Crippen LogP contribution in [0.15, 0.2) is 29.6 Å². The molecule has 4 atom stereocenters. The van der Waals surface area contributed by atoms with Crippen molar-refractivity contribution in [3.63, 3.8) is 0 Å². The molecule has 1 aromatic carbocycles. The fourth-order valence-electron chi connectivity index (χ4n) is 4.52. The van der Waals surface area contributed by atoms with Crippen molar-refractivity contribution in [2.24, 2.45) is 23.6 Å². The van der Waals surface area contributed by atoms with E-state index in [1.807, 2.05) is 11.3 Å². The molecule has 0 aliphatic heterocycles. The summed E-state index contributed by atoms with van der Waals surface area (Å²) in [5.41, 5.74) is 4.49. The lowest BCUT2D eigenvalue weighted by molar-refractivity contribution is 0.281. The number of thiophene rings is 1. The largest absolute Gasteiger partial charge is 0.271 e. The summed E-state index contributed by atoms with van der Waals surface area (Å²) in [6, 6.07) is 8.99. The highest BCUT2D eigenvalue weighted by molar-refractivity contribution is 7.17. The van der Waals surface area contributed by atoms with Gasteiger partial charge in [0.1, 0.15) is 0 Å². The molecule has 0 saturated heterocycles. The van der Waals surface area contributed by atoms with E-state index in [4.69, 9.17) is 5.84 Å². The molecule has 4 unspecified atom stereocenters. The summed E-state index contributed by atoms with van der Waals surface area (Å²) in [6.45, 7) is 0. The maximum absolute atomic E-state index is 5.89. The Hall–Kier alpha value is -0.900. The van der Waals surface area contributed by atoms with Gasteiger partial charge >= 0.3 is 0 Å². The van der Waals surface area contributed by atoms with E-state index in [1.165, 1.54) is 47.8 Å². The third-order valence-corrected chi connectivity index (χ3v) is 6.49. The topological polar surface area (TPSA) is 38.0 Å². The molecule has 2 saturated carbocycles. The molecule has 2 bridgehead atoms. The Kier molecular flexibility index (Phi) is 3.29. The van der Waals surface area contributed by atoms with Crippen molar-refractivity contribution in [2.75, 3.05) is 0 Å². The SMILES string of the molecule is NNC(CC1CC2CCC1C2)c1csc2ccccc12. The van der Waals surface area contributed by atoms with Gasteiger partial charge in [0.15, 0.2) is 0 Å². The fraction of sp³-hybridized carbons (Fsp3) is 0.529. The Balaban J connectivity index is 1.58. The predicted molar refractivity (Wildman–Crippen MR) is 85.4 cm³/mol. The second kappa shape index (κ2) is 5.14. The number of hydrazine groups is 1. The standard InChI is InChI=1S/C17H22N2S/c18-19-16(9-13-8-11-5-6-12(13)7-11)15-10-20-17-4-2-1-3-14(15)17/h1-4,10-13,16,19H,5-9,18H2. The van der Waals surface area contributed by atoms with Gasteiger partial charge in [0.25, 0.3) is 0 Å². The van der Waals surface area contributed by atoms with Crippen LogP contribution >= 0.6 is 11.3 Å². The van der Waals surface area contributed by atoms with E-state index in [9.17, 15) is 0 Å². The molecular formula is C17H22N2S. The van der Waals surface area contributed by atoms with Crippen LogP contribution in [0.3, 0.4) is 0 Å². The first-order valence-electron chi connectivity index (χ1n) is 7.77. The molecule has 1 heterocycles. The number of nitrogens with one attached hydrogen (secondary N) is 1. The summed E-state index contributed by atoms with van der Waals surface area (Å²) < 4.78 is 1.37. The molecule has 2 aliphatic rings.